The summed E-state index contributed by atoms with van der Waals surface area (Å²) in [6.45, 7) is 0. The maximum absolute atomic E-state index is 11.1. The van der Waals surface area contributed by atoms with Crippen LogP contribution in [0.4, 0.5) is 0 Å². The van der Waals surface area contributed by atoms with Crippen molar-refractivity contribution in [2.45, 2.75) is 0 Å². The molecule has 0 atom stereocenters. The highest BCUT2D eigenvalue weighted by Gasteiger charge is 2.18. The molecule has 0 saturated carbocycles. The van der Waals surface area contributed by atoms with Crippen molar-refractivity contribution in [3.63, 3.8) is 0 Å². The summed E-state index contributed by atoms with van der Waals surface area (Å²) < 4.78 is 2.15. The molecule has 3 aromatic heterocycles. The number of para-hydroxylation sites is 1. The van der Waals surface area contributed by atoms with Gasteiger partial charge in [-0.15, -0.1) is 11.3 Å². The Hall–Kier alpha value is -2.57. The van der Waals surface area contributed by atoms with Gasteiger partial charge in [0.05, 0.1) is 11.9 Å². The fourth-order valence-electron chi connectivity index (χ4n) is 2.52. The fraction of sp³-hybridized carbons (Fsp3) is 0. The highest BCUT2D eigenvalue weighted by atomic mass is 35.5. The summed E-state index contributed by atoms with van der Waals surface area (Å²) in [6.07, 6.45) is 1.66. The van der Waals surface area contributed by atoms with Gasteiger partial charge in [-0.1, -0.05) is 29.8 Å². The van der Waals surface area contributed by atoms with E-state index in [1.165, 1.54) is 0 Å². The Labute approximate surface area is 139 Å². The number of rotatable bonds is 3. The molecule has 4 rings (SSSR count). The Morgan fingerprint density at radius 1 is 1.26 bits per heavy atom. The van der Waals surface area contributed by atoms with E-state index in [1.54, 1.807) is 16.9 Å². The van der Waals surface area contributed by atoms with Gasteiger partial charge >= 0.3 is 5.97 Å². The van der Waals surface area contributed by atoms with Crippen molar-refractivity contribution < 1.29 is 9.90 Å². The lowest BCUT2D eigenvalue weighted by atomic mass is 10.2. The number of carboxylic acids is 1. The summed E-state index contributed by atoms with van der Waals surface area (Å²) in [6, 6.07) is 13.3. The number of thiophene rings is 1. The molecule has 1 aromatic carbocycles. The number of nitrogens with zero attached hydrogens (tertiary/aromatic N) is 2. The number of H-pyrrole nitrogens is 1. The van der Waals surface area contributed by atoms with E-state index in [4.69, 9.17) is 16.7 Å². The van der Waals surface area contributed by atoms with Gasteiger partial charge < -0.3 is 10.1 Å². The fourth-order valence-corrected chi connectivity index (χ4v) is 3.65. The molecule has 23 heavy (non-hydrogen) atoms. The minimum Gasteiger partial charge on any atom is -0.477 e. The molecule has 0 radical (unpaired) electrons. The number of aromatic amines is 1. The molecule has 0 amide bonds. The third-order valence-corrected chi connectivity index (χ3v) is 4.91. The summed E-state index contributed by atoms with van der Waals surface area (Å²) in [5.74, 6) is -0.190. The number of halogens is 1. The predicted molar refractivity (Wildman–Crippen MR) is 90.7 cm³/mol. The van der Waals surface area contributed by atoms with Crippen LogP contribution in [-0.4, -0.2) is 25.8 Å². The van der Waals surface area contributed by atoms with Gasteiger partial charge in [0.15, 0.2) is 0 Å². The van der Waals surface area contributed by atoms with Gasteiger partial charge in [-0.05, 0) is 24.3 Å². The largest absolute Gasteiger partial charge is 0.477 e. The summed E-state index contributed by atoms with van der Waals surface area (Å²) >= 11 is 7.27. The van der Waals surface area contributed by atoms with Crippen molar-refractivity contribution in [2.75, 3.05) is 0 Å². The first kappa shape index (κ1) is 14.0. The van der Waals surface area contributed by atoms with E-state index < -0.39 is 5.97 Å². The molecule has 0 aliphatic heterocycles. The van der Waals surface area contributed by atoms with Crippen molar-refractivity contribution in [1.29, 1.82) is 0 Å². The van der Waals surface area contributed by atoms with Gasteiger partial charge in [0, 0.05) is 16.5 Å². The number of nitrogens with one attached hydrogen (secondary N) is 1. The Kier molecular flexibility index (Phi) is 3.21. The number of aromatic carboxylic acids is 1. The van der Waals surface area contributed by atoms with Crippen LogP contribution in [0.1, 0.15) is 9.67 Å². The van der Waals surface area contributed by atoms with E-state index in [9.17, 15) is 4.79 Å². The van der Waals surface area contributed by atoms with Gasteiger partial charge in [-0.25, -0.2) is 9.48 Å². The van der Waals surface area contributed by atoms with Gasteiger partial charge in [-0.2, -0.15) is 5.10 Å². The van der Waals surface area contributed by atoms with Crippen molar-refractivity contribution >= 4 is 39.8 Å². The summed E-state index contributed by atoms with van der Waals surface area (Å²) in [7, 11) is 0. The van der Waals surface area contributed by atoms with Crippen molar-refractivity contribution in [3.8, 4) is 17.1 Å². The summed E-state index contributed by atoms with van der Waals surface area (Å²) in [5, 5.41) is 14.5. The molecule has 3 heterocycles. The van der Waals surface area contributed by atoms with E-state index in [0.29, 0.717) is 9.90 Å². The Bertz CT molecular complexity index is 998. The van der Waals surface area contributed by atoms with Crippen LogP contribution in [0.2, 0.25) is 4.34 Å². The van der Waals surface area contributed by atoms with E-state index in [0.717, 1.165) is 33.8 Å². The lowest BCUT2D eigenvalue weighted by Crippen LogP contribution is -1.98. The highest BCUT2D eigenvalue weighted by Crippen LogP contribution is 2.36. The Morgan fingerprint density at radius 3 is 2.83 bits per heavy atom. The standard InChI is InChI=1S/C16H10ClN3O2S/c17-15-10(8-13(23-15)16(21)22)12-5-6-18-20(12)14-7-9-3-1-2-4-11(9)19-14/h1-8,19H,(H,21,22). The average Bonchev–Trinajstić information content (AvgIpc) is 3.23. The van der Waals surface area contributed by atoms with Crippen LogP contribution < -0.4 is 0 Å². The maximum Gasteiger partial charge on any atom is 0.345 e. The molecule has 0 aliphatic carbocycles. The van der Waals surface area contributed by atoms with Gasteiger partial charge in [-0.3, -0.25) is 0 Å². The van der Waals surface area contributed by atoms with Crippen LogP contribution in [-0.2, 0) is 0 Å². The molecule has 0 unspecified atom stereocenters. The number of carboxylic acid groups (broad SMARTS) is 1. The monoisotopic (exact) mass is 343 g/mol. The van der Waals surface area contributed by atoms with Gasteiger partial charge in [0.2, 0.25) is 0 Å². The molecule has 7 heteroatoms. The van der Waals surface area contributed by atoms with E-state index in [-0.39, 0.29) is 4.88 Å². The van der Waals surface area contributed by atoms with E-state index in [1.807, 2.05) is 36.4 Å². The van der Waals surface area contributed by atoms with E-state index in [2.05, 4.69) is 10.1 Å². The zero-order chi connectivity index (χ0) is 16.0. The molecule has 5 nitrogen and oxygen atoms in total. The molecule has 0 bridgehead atoms. The normalized spacial score (nSPS) is 11.2. The smallest absolute Gasteiger partial charge is 0.345 e. The number of fused-ring (bicyclic) bond motifs is 1. The third kappa shape index (κ3) is 2.32. The summed E-state index contributed by atoms with van der Waals surface area (Å²) in [4.78, 5) is 14.6. The van der Waals surface area contributed by atoms with Gasteiger partial charge in [0.1, 0.15) is 15.0 Å². The topological polar surface area (TPSA) is 70.9 Å². The number of hydrogen-bond donors (Lipinski definition) is 2. The number of hydrogen-bond acceptors (Lipinski definition) is 3. The van der Waals surface area contributed by atoms with Crippen LogP contribution in [0.15, 0.2) is 48.7 Å². The lowest BCUT2D eigenvalue weighted by molar-refractivity contribution is 0.0702. The van der Waals surface area contributed by atoms with Crippen molar-refractivity contribution in [2.24, 2.45) is 0 Å². The molecule has 0 fully saturated rings. The third-order valence-electron chi connectivity index (χ3n) is 3.56. The highest BCUT2D eigenvalue weighted by molar-refractivity contribution is 7.18. The van der Waals surface area contributed by atoms with Crippen molar-refractivity contribution in [1.82, 2.24) is 14.8 Å². The molecule has 2 N–H and O–H groups in total. The van der Waals surface area contributed by atoms with Crippen LogP contribution in [0.25, 0.3) is 28.0 Å². The molecule has 0 saturated heterocycles. The first-order valence-corrected chi connectivity index (χ1v) is 7.98. The second-order valence-electron chi connectivity index (χ2n) is 4.97. The first-order chi connectivity index (χ1) is 11.1. The van der Waals surface area contributed by atoms with Crippen LogP contribution in [0, 0.1) is 0 Å². The molecular formula is C16H10ClN3O2S. The second-order valence-corrected chi connectivity index (χ2v) is 6.63. The first-order valence-electron chi connectivity index (χ1n) is 6.78. The average molecular weight is 344 g/mol. The quantitative estimate of drug-likeness (QED) is 0.578. The minimum absolute atomic E-state index is 0.203. The van der Waals surface area contributed by atoms with Crippen LogP contribution in [0.5, 0.6) is 0 Å². The SMILES string of the molecule is O=C(O)c1cc(-c2ccnn2-c2cc3ccccc3[nH]2)c(Cl)s1. The molecular weight excluding hydrogens is 334 g/mol. The Morgan fingerprint density at radius 2 is 2.09 bits per heavy atom. The number of aromatic nitrogens is 3. The minimum atomic E-state index is -0.986. The van der Waals surface area contributed by atoms with Crippen LogP contribution >= 0.6 is 22.9 Å². The van der Waals surface area contributed by atoms with Crippen molar-refractivity contribution in [3.05, 3.63) is 57.9 Å². The van der Waals surface area contributed by atoms with E-state index >= 15 is 0 Å². The molecule has 0 spiro atoms. The zero-order valence-corrected chi connectivity index (χ0v) is 13.2. The molecule has 4 aromatic rings. The molecule has 0 aliphatic rings. The number of carbonyl (C=O) groups is 1. The Balaban J connectivity index is 1.87. The molecule has 114 valence electrons. The summed E-state index contributed by atoms with van der Waals surface area (Å²) in [5.41, 5.74) is 2.40. The predicted octanol–water partition coefficient (Wildman–Crippen LogP) is 4.43. The van der Waals surface area contributed by atoms with Crippen LogP contribution in [0.3, 0.4) is 0 Å². The zero-order valence-electron chi connectivity index (χ0n) is 11.7. The number of benzene rings is 1. The second kappa shape index (κ2) is 5.26. The van der Waals surface area contributed by atoms with Gasteiger partial charge in [0.25, 0.3) is 0 Å². The lowest BCUT2D eigenvalue weighted by Gasteiger charge is -2.04. The maximum atomic E-state index is 11.1.